The molecule has 1 atom stereocenters. The lowest BCUT2D eigenvalue weighted by atomic mass is 10.2. The number of aliphatic hydroxyl groups is 1. The predicted molar refractivity (Wildman–Crippen MR) is 73.2 cm³/mol. The van der Waals surface area contributed by atoms with Gasteiger partial charge in [-0.1, -0.05) is 39.8 Å². The lowest BCUT2D eigenvalue weighted by Crippen LogP contribution is -2.43. The van der Waals surface area contributed by atoms with E-state index in [4.69, 9.17) is 9.53 Å². The van der Waals surface area contributed by atoms with Crippen LogP contribution in [-0.2, 0) is 4.43 Å². The number of hydrogen-bond donors (Lipinski definition) is 1. The second-order valence-electron chi connectivity index (χ2n) is 5.77. The molecule has 0 spiro atoms. The molecule has 0 saturated carbocycles. The van der Waals surface area contributed by atoms with Gasteiger partial charge < -0.3 is 9.53 Å². The van der Waals surface area contributed by atoms with Gasteiger partial charge in [-0.05, 0) is 31.0 Å². The largest absolute Gasteiger partial charge is 0.411 e. The van der Waals surface area contributed by atoms with Crippen LogP contribution in [0.25, 0.3) is 0 Å². The van der Waals surface area contributed by atoms with Crippen LogP contribution >= 0.6 is 0 Å². The molecule has 16 heavy (non-hydrogen) atoms. The molecule has 0 saturated heterocycles. The monoisotopic (exact) mass is 244 g/mol. The summed E-state index contributed by atoms with van der Waals surface area (Å²) >= 11 is 0. The lowest BCUT2D eigenvalue weighted by Gasteiger charge is -2.38. The smallest absolute Gasteiger partial charge is 0.192 e. The molecule has 0 aliphatic heterocycles. The Morgan fingerprint density at radius 1 is 1.31 bits per heavy atom. The van der Waals surface area contributed by atoms with E-state index < -0.39 is 8.32 Å². The van der Waals surface area contributed by atoms with Gasteiger partial charge in [0.1, 0.15) is 0 Å². The summed E-state index contributed by atoms with van der Waals surface area (Å²) in [7, 11) is -1.66. The average molecular weight is 244 g/mol. The van der Waals surface area contributed by atoms with E-state index >= 15 is 0 Å². The molecular weight excluding hydrogens is 216 g/mol. The molecule has 2 nitrogen and oxygen atoms in total. The van der Waals surface area contributed by atoms with Crippen LogP contribution in [0.5, 0.6) is 0 Å². The van der Waals surface area contributed by atoms with Crippen molar-refractivity contribution in [1.29, 1.82) is 0 Å². The third-order valence-electron chi connectivity index (χ3n) is 3.30. The molecule has 0 aromatic heterocycles. The second kappa shape index (κ2) is 6.57. The number of hydrogen-bond acceptors (Lipinski definition) is 2. The molecule has 3 heteroatoms. The maximum absolute atomic E-state index is 8.73. The van der Waals surface area contributed by atoms with Crippen molar-refractivity contribution in [2.45, 2.75) is 64.8 Å². The Morgan fingerprint density at radius 2 is 1.88 bits per heavy atom. The van der Waals surface area contributed by atoms with Crippen molar-refractivity contribution >= 4 is 8.32 Å². The molecular formula is C13H28O2Si. The Kier molecular flexibility index (Phi) is 6.52. The Labute approximate surface area is 102 Å². The highest BCUT2D eigenvalue weighted by atomic mass is 28.4. The molecule has 0 bridgehead atoms. The predicted octanol–water partition coefficient (Wildman–Crippen LogP) is 3.73. The fourth-order valence-electron chi connectivity index (χ4n) is 1.14. The van der Waals surface area contributed by atoms with Crippen LogP contribution in [0.15, 0.2) is 12.2 Å². The van der Waals surface area contributed by atoms with E-state index in [2.05, 4.69) is 46.9 Å². The van der Waals surface area contributed by atoms with Crippen molar-refractivity contribution in [2.24, 2.45) is 0 Å². The van der Waals surface area contributed by atoms with Crippen molar-refractivity contribution < 1.29 is 9.53 Å². The first kappa shape index (κ1) is 15.9. The van der Waals surface area contributed by atoms with E-state index in [1.165, 1.54) is 0 Å². The van der Waals surface area contributed by atoms with Crippen LogP contribution in [0.2, 0.25) is 18.1 Å². The highest BCUT2D eigenvalue weighted by Crippen LogP contribution is 2.37. The van der Waals surface area contributed by atoms with Gasteiger partial charge in [-0.15, -0.1) is 0 Å². The minimum Gasteiger partial charge on any atom is -0.411 e. The van der Waals surface area contributed by atoms with Crippen LogP contribution in [0.3, 0.4) is 0 Å². The fraction of sp³-hybridized carbons (Fsp3) is 0.846. The van der Waals surface area contributed by atoms with Crippen LogP contribution in [0.1, 0.15) is 40.5 Å². The number of rotatable bonds is 6. The molecule has 0 aliphatic rings. The molecule has 0 aromatic rings. The zero-order valence-corrected chi connectivity index (χ0v) is 12.7. The molecule has 0 fully saturated rings. The van der Waals surface area contributed by atoms with Crippen molar-refractivity contribution in [3.05, 3.63) is 12.2 Å². The van der Waals surface area contributed by atoms with E-state index in [1.807, 2.05) is 6.08 Å². The van der Waals surface area contributed by atoms with Crippen LogP contribution in [0.4, 0.5) is 0 Å². The molecule has 0 amide bonds. The van der Waals surface area contributed by atoms with Crippen LogP contribution in [0, 0.1) is 0 Å². The summed E-state index contributed by atoms with van der Waals surface area (Å²) in [6, 6.07) is 0. The minimum absolute atomic E-state index is 0.201. The topological polar surface area (TPSA) is 29.5 Å². The van der Waals surface area contributed by atoms with Gasteiger partial charge in [0.2, 0.25) is 0 Å². The third-order valence-corrected chi connectivity index (χ3v) is 7.81. The summed E-state index contributed by atoms with van der Waals surface area (Å²) in [5.74, 6) is 0. The molecule has 96 valence electrons. The molecule has 0 rings (SSSR count). The van der Waals surface area contributed by atoms with Crippen molar-refractivity contribution in [2.75, 3.05) is 6.61 Å². The molecule has 0 unspecified atom stereocenters. The van der Waals surface area contributed by atoms with Crippen molar-refractivity contribution in [1.82, 2.24) is 0 Å². The second-order valence-corrected chi connectivity index (χ2v) is 10.5. The highest BCUT2D eigenvalue weighted by molar-refractivity contribution is 6.74. The SMILES string of the molecule is CC[C@H](/C=C\CCO)O[Si](C)(C)C(C)(C)C. The normalized spacial score (nSPS) is 15.7. The van der Waals surface area contributed by atoms with Gasteiger partial charge in [0.15, 0.2) is 8.32 Å². The number of aliphatic hydroxyl groups excluding tert-OH is 1. The summed E-state index contributed by atoms with van der Waals surface area (Å²) in [6.45, 7) is 13.7. The summed E-state index contributed by atoms with van der Waals surface area (Å²) in [5, 5.41) is 8.99. The van der Waals surface area contributed by atoms with Crippen molar-refractivity contribution in [3.8, 4) is 0 Å². The van der Waals surface area contributed by atoms with Gasteiger partial charge in [0.05, 0.1) is 6.10 Å². The first-order chi connectivity index (χ1) is 7.24. The maximum atomic E-state index is 8.73. The van der Waals surface area contributed by atoms with E-state index in [-0.39, 0.29) is 17.7 Å². The summed E-state index contributed by atoms with van der Waals surface area (Å²) in [5.41, 5.74) is 0. The molecule has 1 N–H and O–H groups in total. The van der Waals surface area contributed by atoms with E-state index in [9.17, 15) is 0 Å². The quantitative estimate of drug-likeness (QED) is 0.570. The van der Waals surface area contributed by atoms with Gasteiger partial charge in [0, 0.05) is 6.61 Å². The molecule has 0 heterocycles. The van der Waals surface area contributed by atoms with Gasteiger partial charge >= 0.3 is 0 Å². The van der Waals surface area contributed by atoms with Gasteiger partial charge in [-0.25, -0.2) is 0 Å². The molecule has 0 aliphatic carbocycles. The average Bonchev–Trinajstić information content (AvgIpc) is 2.14. The summed E-state index contributed by atoms with van der Waals surface area (Å²) in [4.78, 5) is 0. The Hall–Kier alpha value is -0.123. The van der Waals surface area contributed by atoms with E-state index in [0.717, 1.165) is 12.8 Å². The van der Waals surface area contributed by atoms with E-state index in [0.29, 0.717) is 0 Å². The fourth-order valence-corrected chi connectivity index (χ4v) is 2.49. The molecule has 0 radical (unpaired) electrons. The Balaban J connectivity index is 4.42. The Bertz CT molecular complexity index is 216. The van der Waals surface area contributed by atoms with E-state index in [1.54, 1.807) is 0 Å². The van der Waals surface area contributed by atoms with Crippen LogP contribution in [-0.4, -0.2) is 26.1 Å². The molecule has 0 aromatic carbocycles. The van der Waals surface area contributed by atoms with Gasteiger partial charge in [-0.3, -0.25) is 0 Å². The van der Waals surface area contributed by atoms with Crippen LogP contribution < -0.4 is 0 Å². The minimum atomic E-state index is -1.66. The Morgan fingerprint density at radius 3 is 2.25 bits per heavy atom. The highest BCUT2D eigenvalue weighted by Gasteiger charge is 2.38. The zero-order valence-electron chi connectivity index (χ0n) is 11.7. The summed E-state index contributed by atoms with van der Waals surface area (Å²) in [6.07, 6.45) is 6.02. The first-order valence-electron chi connectivity index (χ1n) is 6.20. The lowest BCUT2D eigenvalue weighted by molar-refractivity contribution is 0.220. The van der Waals surface area contributed by atoms with Gasteiger partial charge in [0.25, 0.3) is 0 Å². The maximum Gasteiger partial charge on any atom is 0.192 e. The van der Waals surface area contributed by atoms with Gasteiger partial charge in [-0.2, -0.15) is 0 Å². The zero-order chi connectivity index (χ0) is 12.8. The summed E-state index contributed by atoms with van der Waals surface area (Å²) < 4.78 is 6.27. The van der Waals surface area contributed by atoms with Crippen molar-refractivity contribution in [3.63, 3.8) is 0 Å². The standard InChI is InChI=1S/C13H28O2Si/c1-7-12(10-8-9-11-14)15-16(5,6)13(2,3)4/h8,10,12,14H,7,9,11H2,1-6H3/b10-8-/t12-/m1/s1. The third kappa shape index (κ3) is 5.28. The first-order valence-corrected chi connectivity index (χ1v) is 9.10.